The van der Waals surface area contributed by atoms with Crippen molar-refractivity contribution >= 4 is 46.4 Å². The molecule has 4 rings (SSSR count). The van der Waals surface area contributed by atoms with Crippen LogP contribution in [0.3, 0.4) is 0 Å². The van der Waals surface area contributed by atoms with Crippen LogP contribution in [0.4, 0.5) is 0 Å². The van der Waals surface area contributed by atoms with Gasteiger partial charge in [0.15, 0.2) is 0 Å². The minimum Gasteiger partial charge on any atom is -1.00 e. The molecule has 16 heteroatoms. The fourth-order valence-corrected chi connectivity index (χ4v) is 3.30. The molecule has 0 atom stereocenters. The van der Waals surface area contributed by atoms with Gasteiger partial charge in [0.05, 0.1) is 32.5 Å². The molecule has 0 saturated heterocycles. The molecule has 0 aliphatic heterocycles. The van der Waals surface area contributed by atoms with Crippen molar-refractivity contribution in [3.63, 3.8) is 0 Å². The predicted octanol–water partition coefficient (Wildman–Crippen LogP) is -5.47. The average Bonchev–Trinajstić information content (AvgIpc) is 3.50. The Kier molecular flexibility index (Phi) is 50.3. The maximum atomic E-state index is 4.76. The van der Waals surface area contributed by atoms with Crippen molar-refractivity contribution < 1.29 is 146 Å². The van der Waals surface area contributed by atoms with Crippen molar-refractivity contribution in [2.24, 2.45) is 14.1 Å². The summed E-state index contributed by atoms with van der Waals surface area (Å²) >= 11 is 19.1. The molecule has 0 unspecified atom stereocenters. The van der Waals surface area contributed by atoms with Crippen LogP contribution in [-0.2, 0) is 67.8 Å². The van der Waals surface area contributed by atoms with Crippen LogP contribution in [0.25, 0.3) is 11.4 Å². The second kappa shape index (κ2) is 37.9. The van der Waals surface area contributed by atoms with Gasteiger partial charge in [0, 0.05) is 23.8 Å². The molecule has 0 amide bonds. The smallest absolute Gasteiger partial charge is 1.00 e. The summed E-state index contributed by atoms with van der Waals surface area (Å²) in [6.45, 7) is 4.39. The molecule has 0 N–H and O–H groups in total. The number of para-hydroxylation sites is 2. The number of unbranched alkanes of at least 4 members (excludes halogenated alkanes) is 2. The Morgan fingerprint density at radius 2 is 0.864 bits per heavy atom. The molecule has 6 nitrogen and oxygen atoms in total. The van der Waals surface area contributed by atoms with Crippen molar-refractivity contribution in [1.29, 1.82) is 0 Å². The second-order valence-electron chi connectivity index (χ2n) is 8.05. The molecule has 0 spiro atoms. The summed E-state index contributed by atoms with van der Waals surface area (Å²) in [5.41, 5.74) is 4.43. The van der Waals surface area contributed by atoms with Gasteiger partial charge >= 0.3 is 40.8 Å². The van der Waals surface area contributed by atoms with Crippen LogP contribution in [0.1, 0.15) is 50.9 Å². The molecule has 0 radical (unpaired) electrons. The van der Waals surface area contributed by atoms with Crippen LogP contribution in [-0.4, -0.2) is 30.5 Å². The van der Waals surface area contributed by atoms with Crippen molar-refractivity contribution in [1.82, 2.24) is 19.8 Å². The third-order valence-electron chi connectivity index (χ3n) is 5.23. The number of hydrogen-bond donors (Lipinski definition) is 0. The summed E-state index contributed by atoms with van der Waals surface area (Å²) in [5, 5.41) is 9.21. The molecule has 4 aromatic rings. The summed E-state index contributed by atoms with van der Waals surface area (Å²) in [6.07, 6.45) is 13.5. The van der Waals surface area contributed by atoms with Crippen LogP contribution < -0.4 is 105 Å². The van der Waals surface area contributed by atoms with Gasteiger partial charge in [0.1, 0.15) is 14.1 Å². The molecule has 0 fully saturated rings. The number of aromatic nitrogens is 6. The maximum absolute atomic E-state index is 4.76. The first-order chi connectivity index (χ1) is 18.4. The van der Waals surface area contributed by atoms with Crippen LogP contribution >= 0.6 is 46.4 Å². The summed E-state index contributed by atoms with van der Waals surface area (Å²) < 4.78 is 7.43. The second-order valence-corrected chi connectivity index (χ2v) is 9.66. The van der Waals surface area contributed by atoms with Gasteiger partial charge in [-0.1, -0.05) is 87.4 Å². The van der Waals surface area contributed by atoms with E-state index in [-0.39, 0.29) is 147 Å². The normalized spacial score (nSPS) is 8.55. The first-order valence-corrected chi connectivity index (χ1v) is 14.7. The zero-order valence-electron chi connectivity index (χ0n) is 24.8. The van der Waals surface area contributed by atoms with E-state index in [1.807, 2.05) is 93.5 Å². The van der Waals surface area contributed by atoms with Gasteiger partial charge in [0.2, 0.25) is 0 Å². The molecule has 0 aliphatic rings. The quantitative estimate of drug-likeness (QED) is 0.0583. The third kappa shape index (κ3) is 24.3. The number of halogens is 8. The van der Waals surface area contributed by atoms with E-state index in [4.69, 9.17) is 46.4 Å². The van der Waals surface area contributed by atoms with Gasteiger partial charge in [-0.05, 0) is 25.7 Å². The number of hydrogen-bond acceptors (Lipinski definition) is 2. The summed E-state index contributed by atoms with van der Waals surface area (Å²) in [4.78, 5) is 0. The molecular formula is C28H38Cl4I4N6Pd2. The first-order valence-electron chi connectivity index (χ1n) is 12.5. The Bertz CT molecular complexity index is 1060. The van der Waals surface area contributed by atoms with Crippen molar-refractivity contribution in [2.45, 2.75) is 52.4 Å². The Morgan fingerprint density at radius 1 is 0.591 bits per heavy atom. The van der Waals surface area contributed by atoms with Crippen molar-refractivity contribution in [3.05, 3.63) is 84.4 Å². The van der Waals surface area contributed by atoms with Gasteiger partial charge < -0.3 is 95.9 Å². The molecule has 0 saturated carbocycles. The predicted molar refractivity (Wildman–Crippen MR) is 158 cm³/mol. The van der Waals surface area contributed by atoms with Crippen molar-refractivity contribution in [2.75, 3.05) is 10.7 Å². The number of alkyl halides is 4. The topological polar surface area (TPSA) is 43.4 Å². The Labute approximate surface area is 379 Å². The van der Waals surface area contributed by atoms with Gasteiger partial charge in [0.25, 0.3) is 0 Å². The first kappa shape index (κ1) is 58.3. The molecule has 2 aromatic heterocycles. The Hall–Kier alpha value is 2.12. The summed E-state index contributed by atoms with van der Waals surface area (Å²) in [5.74, 6) is 0. The summed E-state index contributed by atoms with van der Waals surface area (Å²) in [7, 11) is 3.95. The van der Waals surface area contributed by atoms with Crippen molar-refractivity contribution in [3.8, 4) is 11.4 Å². The zero-order valence-corrected chi connectivity index (χ0v) is 39.5. The zero-order chi connectivity index (χ0) is 28.2. The van der Waals surface area contributed by atoms with E-state index in [2.05, 4.69) is 36.7 Å². The molecule has 2 aromatic carbocycles. The van der Waals surface area contributed by atoms with Crippen LogP contribution in [0.5, 0.6) is 0 Å². The van der Waals surface area contributed by atoms with Crippen LogP contribution in [0.15, 0.2) is 60.7 Å². The SMILES string of the molecule is CCCCc1[c-][n+](-c2ccccc2)nn1C.CCCCc1[c-][n+](-c2ccccc2)nn1C.ClCCl.ClCCl.[I-].[I-].[I-].[I-].[Pd+2].[Pd+2]. The van der Waals surface area contributed by atoms with Gasteiger partial charge in [-0.25, -0.2) is 0 Å². The Morgan fingerprint density at radius 3 is 1.11 bits per heavy atom. The molecule has 256 valence electrons. The molecule has 0 bridgehead atoms. The van der Waals surface area contributed by atoms with Crippen LogP contribution in [0, 0.1) is 12.4 Å². The van der Waals surface area contributed by atoms with E-state index >= 15 is 0 Å². The molecular weight excluding hydrogens is 1280 g/mol. The Balaban J connectivity index is -0.000000125. The molecule has 44 heavy (non-hydrogen) atoms. The monoisotopic (exact) mass is 1320 g/mol. The van der Waals surface area contributed by atoms with E-state index in [9.17, 15) is 0 Å². The number of nitrogens with zero attached hydrogens (tertiary/aromatic N) is 6. The van der Waals surface area contributed by atoms with E-state index < -0.39 is 0 Å². The van der Waals surface area contributed by atoms with Gasteiger partial charge in [-0.3, -0.25) is 9.36 Å². The summed E-state index contributed by atoms with van der Waals surface area (Å²) in [6, 6.07) is 20.2. The largest absolute Gasteiger partial charge is 2.00 e. The third-order valence-corrected chi connectivity index (χ3v) is 5.23. The fraction of sp³-hybridized carbons (Fsp3) is 0.429. The maximum Gasteiger partial charge on any atom is 2.00 e. The fourth-order valence-electron chi connectivity index (χ4n) is 3.30. The number of benzene rings is 2. The van der Waals surface area contributed by atoms with E-state index in [0.29, 0.717) is 0 Å². The number of rotatable bonds is 8. The van der Waals surface area contributed by atoms with Gasteiger partial charge in [-0.15, -0.1) is 46.4 Å². The van der Waals surface area contributed by atoms with E-state index in [0.717, 1.165) is 35.6 Å². The minimum atomic E-state index is 0. The van der Waals surface area contributed by atoms with E-state index in [1.165, 1.54) is 25.7 Å². The number of aryl methyl sites for hydroxylation is 4. The minimum absolute atomic E-state index is 0. The van der Waals surface area contributed by atoms with E-state index in [1.54, 1.807) is 0 Å². The van der Waals surface area contributed by atoms with Crippen LogP contribution in [0.2, 0.25) is 0 Å². The standard InChI is InChI=1S/2C13H17N3.2CH2Cl2.4HI.2Pd/c2*1-3-4-8-13-11-16(14-15(13)2)12-9-6-5-7-10-12;2*2-1-3;;;;;;/h2*5-7,9-10H,3-4,8H2,1-2H3;2*1H2;4*1H;;/q;;;;;;;;2*+2/p-4. The molecule has 2 heterocycles. The molecule has 0 aliphatic carbocycles. The average molecular weight is 1320 g/mol. The van der Waals surface area contributed by atoms with Gasteiger partial charge in [-0.2, -0.15) is 9.36 Å².